The molecule has 1 N–H and O–H groups in total. The molecule has 0 radical (unpaired) electrons. The number of anilines is 2. The minimum atomic E-state index is -4.86. The first-order chi connectivity index (χ1) is 14.0. The molecule has 0 aromatic heterocycles. The number of fused-ring (bicyclic) bond motifs is 1. The molecule has 158 valence electrons. The molecule has 2 aromatic rings. The number of halogens is 3. The van der Waals surface area contributed by atoms with Crippen LogP contribution in [0.4, 0.5) is 24.5 Å². The van der Waals surface area contributed by atoms with Crippen LogP contribution in [0.2, 0.25) is 0 Å². The van der Waals surface area contributed by atoms with Crippen molar-refractivity contribution in [1.29, 1.82) is 0 Å². The van der Waals surface area contributed by atoms with Gasteiger partial charge in [-0.15, -0.1) is 13.2 Å². The lowest BCUT2D eigenvalue weighted by Gasteiger charge is -2.32. The maximum atomic E-state index is 12.6. The summed E-state index contributed by atoms with van der Waals surface area (Å²) < 4.78 is 46.4. The predicted octanol–water partition coefficient (Wildman–Crippen LogP) is 3.54. The number of nitrogens with zero attached hydrogens (tertiary/aromatic N) is 1. The Morgan fingerprint density at radius 2 is 1.93 bits per heavy atom. The molecule has 0 spiro atoms. The van der Waals surface area contributed by atoms with Crippen LogP contribution in [0.5, 0.6) is 11.5 Å². The molecule has 0 aliphatic carbocycles. The highest BCUT2D eigenvalue weighted by Crippen LogP contribution is 2.35. The molecule has 30 heavy (non-hydrogen) atoms. The number of hydrogen-bond donors (Lipinski definition) is 1. The number of Topliss-reactive ketones (excluding diaryl/α,β-unsaturated/α-hetero) is 1. The summed E-state index contributed by atoms with van der Waals surface area (Å²) in [4.78, 5) is 37.9. The summed E-state index contributed by atoms with van der Waals surface area (Å²) in [5.41, 5.74) is 0.658. The molecular formula is C20H17F3N2O5. The molecule has 2 aromatic carbocycles. The molecule has 2 amide bonds. The summed E-state index contributed by atoms with van der Waals surface area (Å²) in [7, 11) is 0. The lowest BCUT2D eigenvalue weighted by molar-refractivity contribution is -0.274. The van der Waals surface area contributed by atoms with Gasteiger partial charge in [-0.25, -0.2) is 0 Å². The first-order valence-electron chi connectivity index (χ1n) is 8.82. The maximum Gasteiger partial charge on any atom is 0.573 e. The summed E-state index contributed by atoms with van der Waals surface area (Å²) in [6.45, 7) is 2.46. The van der Waals surface area contributed by atoms with Crippen molar-refractivity contribution in [2.75, 3.05) is 16.8 Å². The zero-order valence-corrected chi connectivity index (χ0v) is 15.9. The lowest BCUT2D eigenvalue weighted by atomic mass is 10.1. The van der Waals surface area contributed by atoms with Crippen molar-refractivity contribution in [3.05, 3.63) is 48.0 Å². The highest BCUT2D eigenvalue weighted by molar-refractivity contribution is 6.07. The Bertz CT molecular complexity index is 1010. The number of rotatable bonds is 5. The molecule has 1 unspecified atom stereocenters. The summed E-state index contributed by atoms with van der Waals surface area (Å²) in [6.07, 6.45) is -5.71. The number of hydrogen-bond acceptors (Lipinski definition) is 5. The molecule has 0 saturated heterocycles. The molecule has 1 aliphatic heterocycles. The number of alkyl halides is 3. The summed E-state index contributed by atoms with van der Waals surface area (Å²) >= 11 is 0. The number of nitrogens with one attached hydrogen (secondary N) is 1. The first-order valence-corrected chi connectivity index (χ1v) is 8.82. The predicted molar refractivity (Wildman–Crippen MR) is 101 cm³/mol. The van der Waals surface area contributed by atoms with Crippen molar-refractivity contribution in [3.8, 4) is 11.5 Å². The van der Waals surface area contributed by atoms with Gasteiger partial charge < -0.3 is 14.8 Å². The topological polar surface area (TPSA) is 84.9 Å². The van der Waals surface area contributed by atoms with E-state index in [1.807, 2.05) is 0 Å². The zero-order valence-electron chi connectivity index (χ0n) is 15.9. The largest absolute Gasteiger partial charge is 0.573 e. The number of ketones is 1. The van der Waals surface area contributed by atoms with Gasteiger partial charge in [0, 0.05) is 17.3 Å². The van der Waals surface area contributed by atoms with Gasteiger partial charge in [0.05, 0.1) is 5.69 Å². The van der Waals surface area contributed by atoms with Crippen LogP contribution in [0.3, 0.4) is 0 Å². The Labute approximate surface area is 169 Å². The number of carbonyl (C=O) groups excluding carboxylic acids is 3. The van der Waals surface area contributed by atoms with Gasteiger partial charge in [0.15, 0.2) is 11.9 Å². The molecule has 1 heterocycles. The van der Waals surface area contributed by atoms with Crippen LogP contribution in [0.25, 0.3) is 0 Å². The van der Waals surface area contributed by atoms with Crippen LogP contribution in [0.15, 0.2) is 42.5 Å². The monoisotopic (exact) mass is 422 g/mol. The normalized spacial score (nSPS) is 15.8. The summed E-state index contributed by atoms with van der Waals surface area (Å²) in [5.74, 6) is -1.53. The van der Waals surface area contributed by atoms with Gasteiger partial charge in [0.1, 0.15) is 18.0 Å². The minimum absolute atomic E-state index is 0.0632. The van der Waals surface area contributed by atoms with Crippen molar-refractivity contribution in [2.45, 2.75) is 26.3 Å². The molecule has 1 aliphatic rings. The Balaban J connectivity index is 1.80. The van der Waals surface area contributed by atoms with Crippen molar-refractivity contribution in [3.63, 3.8) is 0 Å². The van der Waals surface area contributed by atoms with Crippen LogP contribution in [-0.4, -0.2) is 36.6 Å². The number of ether oxygens (including phenoxy) is 2. The molecule has 0 saturated carbocycles. The number of amides is 2. The fourth-order valence-electron chi connectivity index (χ4n) is 2.90. The summed E-state index contributed by atoms with van der Waals surface area (Å²) in [6, 6.07) is 9.31. The van der Waals surface area contributed by atoms with E-state index in [2.05, 4.69) is 10.1 Å². The van der Waals surface area contributed by atoms with Crippen molar-refractivity contribution < 1.29 is 37.0 Å². The van der Waals surface area contributed by atoms with E-state index in [1.54, 1.807) is 6.07 Å². The molecular weight excluding hydrogens is 405 g/mol. The Hall–Kier alpha value is -3.56. The third-order valence-electron chi connectivity index (χ3n) is 4.23. The SMILES string of the molecule is CC(=O)c1ccc2c(c1)N(CC(=O)Nc1cccc(OC(F)(F)F)c1)C(=O)C(C)O2. The van der Waals surface area contributed by atoms with Gasteiger partial charge >= 0.3 is 6.36 Å². The number of benzene rings is 2. The van der Waals surface area contributed by atoms with Gasteiger partial charge in [0.2, 0.25) is 5.91 Å². The van der Waals surface area contributed by atoms with Crippen molar-refractivity contribution in [1.82, 2.24) is 0 Å². The highest BCUT2D eigenvalue weighted by Gasteiger charge is 2.33. The van der Waals surface area contributed by atoms with E-state index in [1.165, 1.54) is 43.0 Å². The van der Waals surface area contributed by atoms with Crippen LogP contribution in [0, 0.1) is 0 Å². The minimum Gasteiger partial charge on any atom is -0.479 e. The van der Waals surface area contributed by atoms with E-state index >= 15 is 0 Å². The lowest BCUT2D eigenvalue weighted by Crippen LogP contribution is -2.47. The Morgan fingerprint density at radius 3 is 2.60 bits per heavy atom. The molecule has 7 nitrogen and oxygen atoms in total. The van der Waals surface area contributed by atoms with E-state index in [-0.39, 0.29) is 17.2 Å². The number of carbonyl (C=O) groups is 3. The van der Waals surface area contributed by atoms with E-state index in [0.29, 0.717) is 11.3 Å². The molecule has 0 fully saturated rings. The van der Waals surface area contributed by atoms with Gasteiger partial charge in [-0.05, 0) is 44.2 Å². The average molecular weight is 422 g/mol. The summed E-state index contributed by atoms with van der Waals surface area (Å²) in [5, 5.41) is 2.43. The van der Waals surface area contributed by atoms with Crippen molar-refractivity contribution >= 4 is 29.0 Å². The molecule has 3 rings (SSSR count). The van der Waals surface area contributed by atoms with Gasteiger partial charge in [-0.1, -0.05) is 6.07 Å². The van der Waals surface area contributed by atoms with Gasteiger partial charge in [-0.3, -0.25) is 19.3 Å². The molecule has 10 heteroatoms. The smallest absolute Gasteiger partial charge is 0.479 e. The van der Waals surface area contributed by atoms with E-state index in [9.17, 15) is 27.6 Å². The fraction of sp³-hybridized carbons (Fsp3) is 0.250. The average Bonchev–Trinajstić information content (AvgIpc) is 2.64. The third kappa shape index (κ3) is 4.88. The zero-order chi connectivity index (χ0) is 22.1. The second kappa shape index (κ2) is 8.05. The Morgan fingerprint density at radius 1 is 1.20 bits per heavy atom. The molecule has 0 bridgehead atoms. The maximum absolute atomic E-state index is 12.6. The first kappa shape index (κ1) is 21.2. The third-order valence-corrected chi connectivity index (χ3v) is 4.23. The van der Waals surface area contributed by atoms with Gasteiger partial charge in [-0.2, -0.15) is 0 Å². The quantitative estimate of drug-likeness (QED) is 0.745. The van der Waals surface area contributed by atoms with E-state index < -0.39 is 36.6 Å². The highest BCUT2D eigenvalue weighted by atomic mass is 19.4. The van der Waals surface area contributed by atoms with Crippen LogP contribution in [-0.2, 0) is 9.59 Å². The Kier molecular flexibility index (Phi) is 5.68. The second-order valence-corrected chi connectivity index (χ2v) is 6.55. The standard InChI is InChI=1S/C20H17F3N2O5/c1-11(26)13-6-7-17-16(8-13)25(19(28)12(2)29-17)10-18(27)24-14-4-3-5-15(9-14)30-20(21,22)23/h3-9,12H,10H2,1-2H3,(H,24,27). The van der Waals surface area contributed by atoms with Crippen LogP contribution >= 0.6 is 0 Å². The van der Waals surface area contributed by atoms with Gasteiger partial charge in [0.25, 0.3) is 5.91 Å². The molecule has 1 atom stereocenters. The van der Waals surface area contributed by atoms with Crippen LogP contribution < -0.4 is 19.7 Å². The van der Waals surface area contributed by atoms with Crippen molar-refractivity contribution in [2.24, 2.45) is 0 Å². The van der Waals surface area contributed by atoms with E-state index in [4.69, 9.17) is 4.74 Å². The van der Waals surface area contributed by atoms with Crippen LogP contribution in [0.1, 0.15) is 24.2 Å². The second-order valence-electron chi connectivity index (χ2n) is 6.55. The fourth-order valence-corrected chi connectivity index (χ4v) is 2.90. The van der Waals surface area contributed by atoms with E-state index in [0.717, 1.165) is 12.1 Å².